The largest absolute Gasteiger partial charge is 0.353 e. The smallest absolute Gasteiger partial charge is 0.317 e. The molecule has 4 heterocycles. The molecule has 35 heavy (non-hydrogen) atoms. The van der Waals surface area contributed by atoms with Crippen LogP contribution in [0.3, 0.4) is 0 Å². The van der Waals surface area contributed by atoms with Crippen molar-refractivity contribution in [2.45, 2.75) is 13.8 Å². The van der Waals surface area contributed by atoms with Crippen molar-refractivity contribution in [3.05, 3.63) is 61.2 Å². The zero-order chi connectivity index (χ0) is 24.4. The fourth-order valence-electron chi connectivity index (χ4n) is 4.43. The predicted molar refractivity (Wildman–Crippen MR) is 139 cm³/mol. The number of nitrogens with zero attached hydrogens (tertiary/aromatic N) is 6. The lowest BCUT2D eigenvalue weighted by Gasteiger charge is -2.35. The van der Waals surface area contributed by atoms with Gasteiger partial charge in [0, 0.05) is 74.9 Å². The Morgan fingerprint density at radius 1 is 1.00 bits per heavy atom. The van der Waals surface area contributed by atoms with E-state index in [2.05, 4.69) is 64.5 Å². The summed E-state index contributed by atoms with van der Waals surface area (Å²) in [5.41, 5.74) is 5.22. The SMILES string of the molecule is CC(C)CNC(=O)N1CCN(c2ccc(-c3cc(-c4cnn(C)c4)cc4ncccc34)cn2)CC1. The molecule has 0 saturated carbocycles. The van der Waals surface area contributed by atoms with E-state index in [4.69, 9.17) is 4.98 Å². The van der Waals surface area contributed by atoms with Crippen LogP contribution in [0.15, 0.2) is 61.2 Å². The Balaban J connectivity index is 1.35. The number of aromatic nitrogens is 4. The minimum atomic E-state index is 0.0237. The first-order chi connectivity index (χ1) is 17.0. The molecule has 0 spiro atoms. The molecule has 0 atom stereocenters. The van der Waals surface area contributed by atoms with Crippen molar-refractivity contribution >= 4 is 22.8 Å². The van der Waals surface area contributed by atoms with E-state index in [1.165, 1.54) is 0 Å². The quantitative estimate of drug-likeness (QED) is 0.474. The van der Waals surface area contributed by atoms with Crippen LogP contribution < -0.4 is 10.2 Å². The third-order valence-corrected chi connectivity index (χ3v) is 6.37. The van der Waals surface area contributed by atoms with E-state index in [0.717, 1.165) is 52.1 Å². The molecule has 1 aliphatic heterocycles. The number of aryl methyl sites for hydroxylation is 1. The maximum Gasteiger partial charge on any atom is 0.317 e. The highest BCUT2D eigenvalue weighted by Crippen LogP contribution is 2.33. The van der Waals surface area contributed by atoms with E-state index >= 15 is 0 Å². The number of hydrogen-bond acceptors (Lipinski definition) is 5. The summed E-state index contributed by atoms with van der Waals surface area (Å²) in [5, 5.41) is 8.42. The molecule has 1 N–H and O–H groups in total. The zero-order valence-corrected chi connectivity index (χ0v) is 20.5. The molecule has 3 aromatic heterocycles. The summed E-state index contributed by atoms with van der Waals surface area (Å²) < 4.78 is 1.81. The Kier molecular flexibility index (Phi) is 6.35. The van der Waals surface area contributed by atoms with Gasteiger partial charge in [0.15, 0.2) is 0 Å². The number of fused-ring (bicyclic) bond motifs is 1. The number of carbonyl (C=O) groups excluding carboxylic acids is 1. The van der Waals surface area contributed by atoms with E-state index in [-0.39, 0.29) is 6.03 Å². The molecule has 0 unspecified atom stereocenters. The van der Waals surface area contributed by atoms with Crippen molar-refractivity contribution in [1.29, 1.82) is 0 Å². The highest BCUT2D eigenvalue weighted by atomic mass is 16.2. The molecule has 0 bridgehead atoms. The second-order valence-corrected chi connectivity index (χ2v) is 9.46. The van der Waals surface area contributed by atoms with E-state index in [0.29, 0.717) is 25.6 Å². The van der Waals surface area contributed by atoms with Gasteiger partial charge in [-0.05, 0) is 47.4 Å². The first-order valence-electron chi connectivity index (χ1n) is 12.1. The lowest BCUT2D eigenvalue weighted by molar-refractivity contribution is 0.193. The van der Waals surface area contributed by atoms with Crippen LogP contribution >= 0.6 is 0 Å². The third-order valence-electron chi connectivity index (χ3n) is 6.37. The van der Waals surface area contributed by atoms with E-state index < -0.39 is 0 Å². The van der Waals surface area contributed by atoms with Crippen LogP contribution in [0, 0.1) is 5.92 Å². The highest BCUT2D eigenvalue weighted by molar-refractivity contribution is 5.98. The lowest BCUT2D eigenvalue weighted by Crippen LogP contribution is -2.52. The normalized spacial score (nSPS) is 14.1. The number of rotatable bonds is 5. The van der Waals surface area contributed by atoms with E-state index in [1.54, 1.807) is 0 Å². The molecule has 1 saturated heterocycles. The van der Waals surface area contributed by atoms with Crippen LogP contribution in [-0.4, -0.2) is 63.4 Å². The standard InChI is InChI=1S/C27H31N7O/c1-19(2)15-30-27(35)34-11-9-33(10-12-34)26-7-6-20(16-29-26)24-13-21(22-17-31-32(3)18-22)14-25-23(24)5-4-8-28-25/h4-8,13-14,16-19H,9-12,15H2,1-3H3,(H,30,35). The average Bonchev–Trinajstić information content (AvgIpc) is 3.33. The highest BCUT2D eigenvalue weighted by Gasteiger charge is 2.22. The summed E-state index contributed by atoms with van der Waals surface area (Å²) in [7, 11) is 1.92. The molecule has 1 aliphatic rings. The minimum Gasteiger partial charge on any atom is -0.353 e. The van der Waals surface area contributed by atoms with Crippen molar-refractivity contribution in [3.63, 3.8) is 0 Å². The van der Waals surface area contributed by atoms with Crippen molar-refractivity contribution in [1.82, 2.24) is 30.0 Å². The van der Waals surface area contributed by atoms with E-state index in [1.807, 2.05) is 47.5 Å². The molecular weight excluding hydrogens is 438 g/mol. The molecular formula is C27H31N7O. The first-order valence-corrected chi connectivity index (χ1v) is 12.1. The van der Waals surface area contributed by atoms with Crippen molar-refractivity contribution in [3.8, 4) is 22.3 Å². The summed E-state index contributed by atoms with van der Waals surface area (Å²) >= 11 is 0. The summed E-state index contributed by atoms with van der Waals surface area (Å²) in [6.45, 7) is 7.82. The Morgan fingerprint density at radius 2 is 1.83 bits per heavy atom. The zero-order valence-electron chi connectivity index (χ0n) is 20.5. The number of amides is 2. The topological polar surface area (TPSA) is 79.2 Å². The van der Waals surface area contributed by atoms with E-state index in [9.17, 15) is 4.79 Å². The van der Waals surface area contributed by atoms with Gasteiger partial charge in [0.1, 0.15) is 5.82 Å². The van der Waals surface area contributed by atoms with Gasteiger partial charge in [-0.1, -0.05) is 19.9 Å². The van der Waals surface area contributed by atoms with Gasteiger partial charge in [0.2, 0.25) is 0 Å². The molecule has 0 radical (unpaired) electrons. The van der Waals surface area contributed by atoms with Crippen LogP contribution in [0.25, 0.3) is 33.2 Å². The number of piperazine rings is 1. The molecule has 2 amide bonds. The van der Waals surface area contributed by atoms with Gasteiger partial charge in [-0.3, -0.25) is 9.67 Å². The Bertz CT molecular complexity index is 1320. The Labute approximate surface area is 205 Å². The van der Waals surface area contributed by atoms with Crippen molar-refractivity contribution < 1.29 is 4.79 Å². The van der Waals surface area contributed by atoms with Gasteiger partial charge in [-0.25, -0.2) is 9.78 Å². The number of carbonyl (C=O) groups is 1. The summed E-state index contributed by atoms with van der Waals surface area (Å²) in [4.78, 5) is 25.9. The minimum absolute atomic E-state index is 0.0237. The summed E-state index contributed by atoms with van der Waals surface area (Å²) in [6.07, 6.45) is 7.64. The fraction of sp³-hybridized carbons (Fsp3) is 0.333. The van der Waals surface area contributed by atoms with Crippen molar-refractivity contribution in [2.24, 2.45) is 13.0 Å². The predicted octanol–water partition coefficient (Wildman–Crippen LogP) is 4.18. The molecule has 1 fully saturated rings. The number of anilines is 1. The second kappa shape index (κ2) is 9.74. The first kappa shape index (κ1) is 22.8. The summed E-state index contributed by atoms with van der Waals surface area (Å²) in [6, 6.07) is 12.6. The molecule has 5 rings (SSSR count). The molecule has 180 valence electrons. The second-order valence-electron chi connectivity index (χ2n) is 9.46. The number of urea groups is 1. The monoisotopic (exact) mass is 469 g/mol. The molecule has 0 aliphatic carbocycles. The number of pyridine rings is 2. The van der Waals surface area contributed by atoms with Gasteiger partial charge in [0.25, 0.3) is 0 Å². The van der Waals surface area contributed by atoms with Crippen LogP contribution in [-0.2, 0) is 7.05 Å². The van der Waals surface area contributed by atoms with Crippen LogP contribution in [0.1, 0.15) is 13.8 Å². The van der Waals surface area contributed by atoms with Gasteiger partial charge in [-0.2, -0.15) is 5.10 Å². The molecule has 8 heteroatoms. The van der Waals surface area contributed by atoms with Crippen LogP contribution in [0.5, 0.6) is 0 Å². The molecule has 8 nitrogen and oxygen atoms in total. The number of benzene rings is 1. The van der Waals surface area contributed by atoms with Crippen molar-refractivity contribution in [2.75, 3.05) is 37.6 Å². The number of nitrogens with one attached hydrogen (secondary N) is 1. The Morgan fingerprint density at radius 3 is 2.51 bits per heavy atom. The molecule has 1 aromatic carbocycles. The van der Waals surface area contributed by atoms with Gasteiger partial charge >= 0.3 is 6.03 Å². The molecule has 4 aromatic rings. The van der Waals surface area contributed by atoms with Gasteiger partial charge < -0.3 is 15.1 Å². The number of hydrogen-bond donors (Lipinski definition) is 1. The maximum absolute atomic E-state index is 12.4. The third kappa shape index (κ3) is 4.96. The van der Waals surface area contributed by atoms with Crippen LogP contribution in [0.4, 0.5) is 10.6 Å². The van der Waals surface area contributed by atoms with Gasteiger partial charge in [-0.15, -0.1) is 0 Å². The summed E-state index contributed by atoms with van der Waals surface area (Å²) in [5.74, 6) is 1.38. The van der Waals surface area contributed by atoms with Crippen LogP contribution in [0.2, 0.25) is 0 Å². The maximum atomic E-state index is 12.4. The lowest BCUT2D eigenvalue weighted by atomic mass is 9.97. The fourth-order valence-corrected chi connectivity index (χ4v) is 4.43. The average molecular weight is 470 g/mol. The van der Waals surface area contributed by atoms with Gasteiger partial charge in [0.05, 0.1) is 11.7 Å². The Hall–Kier alpha value is -3.94.